The third-order valence-electron chi connectivity index (χ3n) is 6.12. The van der Waals surface area contributed by atoms with Crippen molar-refractivity contribution < 1.29 is 18.8 Å². The third kappa shape index (κ3) is 9.16. The lowest BCUT2D eigenvalue weighted by Crippen LogP contribution is -2.25. The molecule has 194 valence electrons. The maximum Gasteiger partial charge on any atom is 0.257 e. The Bertz CT molecular complexity index is 1110. The van der Waals surface area contributed by atoms with Crippen molar-refractivity contribution in [3.8, 4) is 11.5 Å². The van der Waals surface area contributed by atoms with E-state index < -0.39 is 0 Å². The Hall–Kier alpha value is -3.11. The van der Waals surface area contributed by atoms with Crippen LogP contribution in [0, 0.1) is 5.41 Å². The number of rotatable bonds is 10. The van der Waals surface area contributed by atoms with Gasteiger partial charge in [0, 0.05) is 19.2 Å². The Morgan fingerprint density at radius 3 is 2.58 bits per heavy atom. The molecule has 1 aromatic carbocycles. The lowest BCUT2D eigenvalue weighted by molar-refractivity contribution is -0.122. The summed E-state index contributed by atoms with van der Waals surface area (Å²) >= 11 is 0. The van der Waals surface area contributed by atoms with E-state index in [1.165, 1.54) is 43.5 Å². The SMILES string of the molecule is CNC(=O)COc1cc(OP)ccc1NC(=O)C=C(C)C=CC=C(C)C=CC1=C(C)CCCC1(C)C. The summed E-state index contributed by atoms with van der Waals surface area (Å²) in [6, 6.07) is 4.96. The van der Waals surface area contributed by atoms with Gasteiger partial charge in [-0.15, -0.1) is 0 Å². The van der Waals surface area contributed by atoms with E-state index in [4.69, 9.17) is 9.26 Å². The zero-order chi connectivity index (χ0) is 26.7. The highest BCUT2D eigenvalue weighted by molar-refractivity contribution is 7.10. The fourth-order valence-electron chi connectivity index (χ4n) is 4.07. The van der Waals surface area contributed by atoms with Crippen molar-refractivity contribution in [3.05, 3.63) is 76.9 Å². The Morgan fingerprint density at radius 1 is 1.17 bits per heavy atom. The maximum absolute atomic E-state index is 12.6. The van der Waals surface area contributed by atoms with Crippen LogP contribution in [0.15, 0.2) is 76.9 Å². The number of carbonyl (C=O) groups excluding carboxylic acids is 2. The smallest absolute Gasteiger partial charge is 0.257 e. The van der Waals surface area contributed by atoms with Gasteiger partial charge in [-0.1, -0.05) is 55.4 Å². The largest absolute Gasteiger partial charge is 0.481 e. The summed E-state index contributed by atoms with van der Waals surface area (Å²) in [6.45, 7) is 10.6. The summed E-state index contributed by atoms with van der Waals surface area (Å²) in [5.74, 6) is 0.279. The van der Waals surface area contributed by atoms with Gasteiger partial charge in [-0.3, -0.25) is 9.59 Å². The summed E-state index contributed by atoms with van der Waals surface area (Å²) in [7, 11) is 3.68. The van der Waals surface area contributed by atoms with Crippen LogP contribution in [-0.4, -0.2) is 25.5 Å². The van der Waals surface area contributed by atoms with E-state index in [0.29, 0.717) is 17.2 Å². The molecule has 1 aliphatic carbocycles. The van der Waals surface area contributed by atoms with Gasteiger partial charge in [0.1, 0.15) is 11.5 Å². The van der Waals surface area contributed by atoms with Gasteiger partial charge in [0.15, 0.2) is 6.61 Å². The van der Waals surface area contributed by atoms with Crippen LogP contribution in [-0.2, 0) is 9.59 Å². The van der Waals surface area contributed by atoms with Crippen LogP contribution in [0.5, 0.6) is 11.5 Å². The van der Waals surface area contributed by atoms with Crippen molar-refractivity contribution in [3.63, 3.8) is 0 Å². The first-order valence-corrected chi connectivity index (χ1v) is 12.6. The van der Waals surface area contributed by atoms with Gasteiger partial charge in [0.05, 0.1) is 15.2 Å². The van der Waals surface area contributed by atoms with E-state index in [2.05, 4.69) is 59.9 Å². The molecule has 0 saturated heterocycles. The van der Waals surface area contributed by atoms with E-state index >= 15 is 0 Å². The van der Waals surface area contributed by atoms with Crippen molar-refractivity contribution in [2.45, 2.75) is 53.9 Å². The molecule has 0 fully saturated rings. The molecular formula is C29H39N2O4P. The van der Waals surface area contributed by atoms with Gasteiger partial charge in [0.2, 0.25) is 5.91 Å². The number of hydrogen-bond donors (Lipinski definition) is 2. The minimum Gasteiger partial charge on any atom is -0.481 e. The molecule has 1 atom stereocenters. The monoisotopic (exact) mass is 510 g/mol. The van der Waals surface area contributed by atoms with Crippen LogP contribution >= 0.6 is 9.47 Å². The topological polar surface area (TPSA) is 76.7 Å². The van der Waals surface area contributed by atoms with E-state index in [9.17, 15) is 9.59 Å². The van der Waals surface area contributed by atoms with Gasteiger partial charge >= 0.3 is 0 Å². The molecule has 0 aromatic heterocycles. The van der Waals surface area contributed by atoms with Crippen LogP contribution in [0.2, 0.25) is 0 Å². The highest BCUT2D eigenvalue weighted by atomic mass is 31.0. The summed E-state index contributed by atoms with van der Waals surface area (Å²) in [6.07, 6.45) is 15.4. The van der Waals surface area contributed by atoms with Crippen molar-refractivity contribution in [1.82, 2.24) is 5.32 Å². The number of carbonyl (C=O) groups is 2. The van der Waals surface area contributed by atoms with Crippen LogP contribution < -0.4 is 19.9 Å². The molecule has 0 heterocycles. The highest BCUT2D eigenvalue weighted by Crippen LogP contribution is 2.40. The second-order valence-electron chi connectivity index (χ2n) is 9.65. The number of allylic oxidation sites excluding steroid dienone is 9. The summed E-state index contributed by atoms with van der Waals surface area (Å²) in [4.78, 5) is 24.1. The Balaban J connectivity index is 2.04. The quantitative estimate of drug-likeness (QED) is 0.215. The lowest BCUT2D eigenvalue weighted by atomic mass is 9.72. The number of likely N-dealkylation sites (N-methyl/N-ethyl adjacent to an activating group) is 1. The second-order valence-corrected chi connectivity index (χ2v) is 9.89. The molecule has 1 unspecified atom stereocenters. The minimum absolute atomic E-state index is 0.175. The molecule has 0 aliphatic heterocycles. The highest BCUT2D eigenvalue weighted by Gasteiger charge is 2.26. The predicted octanol–water partition coefficient (Wildman–Crippen LogP) is 6.45. The Morgan fingerprint density at radius 2 is 1.92 bits per heavy atom. The lowest BCUT2D eigenvalue weighted by Gasteiger charge is -2.32. The van der Waals surface area contributed by atoms with Crippen molar-refractivity contribution >= 4 is 27.0 Å². The number of nitrogens with one attached hydrogen (secondary N) is 2. The number of hydrogen-bond acceptors (Lipinski definition) is 4. The van der Waals surface area contributed by atoms with Crippen LogP contribution in [0.1, 0.15) is 53.9 Å². The Labute approximate surface area is 217 Å². The fraction of sp³-hybridized carbons (Fsp3) is 0.379. The molecule has 0 radical (unpaired) electrons. The molecule has 0 spiro atoms. The van der Waals surface area contributed by atoms with Crippen molar-refractivity contribution in [2.24, 2.45) is 5.41 Å². The summed E-state index contributed by atoms with van der Waals surface area (Å²) in [5.41, 5.74) is 5.52. The molecule has 0 bridgehead atoms. The molecule has 1 aliphatic rings. The first-order chi connectivity index (χ1) is 17.1. The fourth-order valence-corrected chi connectivity index (χ4v) is 4.22. The normalized spacial score (nSPS) is 16.4. The third-order valence-corrected chi connectivity index (χ3v) is 6.39. The molecule has 1 aromatic rings. The zero-order valence-electron chi connectivity index (χ0n) is 22.2. The van der Waals surface area contributed by atoms with E-state index in [-0.39, 0.29) is 23.8 Å². The summed E-state index contributed by atoms with van der Waals surface area (Å²) < 4.78 is 10.7. The predicted molar refractivity (Wildman–Crippen MR) is 151 cm³/mol. The molecule has 6 nitrogen and oxygen atoms in total. The molecule has 2 N–H and O–H groups in total. The number of anilines is 1. The van der Waals surface area contributed by atoms with Gasteiger partial charge in [-0.25, -0.2) is 0 Å². The van der Waals surface area contributed by atoms with E-state index in [1.807, 2.05) is 25.2 Å². The van der Waals surface area contributed by atoms with Crippen molar-refractivity contribution in [1.29, 1.82) is 0 Å². The average molecular weight is 511 g/mol. The zero-order valence-corrected chi connectivity index (χ0v) is 23.4. The van der Waals surface area contributed by atoms with Gasteiger partial charge in [0.25, 0.3) is 5.91 Å². The average Bonchev–Trinajstić information content (AvgIpc) is 2.82. The first-order valence-electron chi connectivity index (χ1n) is 12.1. The molecule has 2 amide bonds. The van der Waals surface area contributed by atoms with E-state index in [0.717, 1.165) is 11.1 Å². The first kappa shape index (κ1) is 29.1. The number of amides is 2. The van der Waals surface area contributed by atoms with Gasteiger partial charge < -0.3 is 19.9 Å². The molecule has 0 saturated carbocycles. The van der Waals surface area contributed by atoms with Crippen LogP contribution in [0.25, 0.3) is 0 Å². The minimum atomic E-state index is -0.302. The number of ether oxygens (including phenoxy) is 1. The van der Waals surface area contributed by atoms with Crippen LogP contribution in [0.4, 0.5) is 5.69 Å². The summed E-state index contributed by atoms with van der Waals surface area (Å²) in [5, 5.41) is 5.29. The standard InChI is InChI=1S/C29H39N2O4P/c1-20(12-14-24-22(3)11-8-16-29(24,4)5)9-7-10-21(2)17-27(32)31-25-15-13-23(35-36)18-26(25)34-19-28(33)30-6/h7,9-10,12-15,17-18H,8,11,16,19,36H2,1-6H3,(H,30,33)(H,31,32). The Kier molecular flexibility index (Phi) is 11.2. The molecule has 2 rings (SSSR count). The van der Waals surface area contributed by atoms with Crippen molar-refractivity contribution in [2.75, 3.05) is 19.0 Å². The molecule has 7 heteroatoms. The molecule has 36 heavy (non-hydrogen) atoms. The van der Waals surface area contributed by atoms with E-state index in [1.54, 1.807) is 18.2 Å². The van der Waals surface area contributed by atoms with Gasteiger partial charge in [-0.2, -0.15) is 0 Å². The van der Waals surface area contributed by atoms with Crippen LogP contribution in [0.3, 0.4) is 0 Å². The maximum atomic E-state index is 12.6. The molecular weight excluding hydrogens is 471 g/mol. The second kappa shape index (κ2) is 13.8. The van der Waals surface area contributed by atoms with Gasteiger partial charge in [-0.05, 0) is 68.7 Å². The number of benzene rings is 1.